The van der Waals surface area contributed by atoms with E-state index in [9.17, 15) is 0 Å². The molecule has 0 bridgehead atoms. The molecule has 0 heterocycles. The Kier molecular flexibility index (Phi) is 1.67. The molecule has 3 heteroatoms. The van der Waals surface area contributed by atoms with Crippen molar-refractivity contribution in [1.29, 1.82) is 5.41 Å². The van der Waals surface area contributed by atoms with Crippen LogP contribution < -0.4 is 0 Å². The quantitative estimate of drug-likeness (QED) is 0.295. The van der Waals surface area contributed by atoms with E-state index in [1.54, 1.807) is 25.2 Å². The molecule has 10 heavy (non-hydrogen) atoms. The second kappa shape index (κ2) is 2.47. The third-order valence-corrected chi connectivity index (χ3v) is 1.34. The predicted molar refractivity (Wildman–Crippen MR) is 39.8 cm³/mol. The summed E-state index contributed by atoms with van der Waals surface area (Å²) in [6, 6.07) is 0. The van der Waals surface area contributed by atoms with Crippen LogP contribution >= 0.6 is 0 Å². The SMILES string of the molecule is CC1=CC=CC(=N)/C1=N\O. The lowest BCUT2D eigenvalue weighted by Gasteiger charge is -2.04. The van der Waals surface area contributed by atoms with E-state index in [-0.39, 0.29) is 5.71 Å². The van der Waals surface area contributed by atoms with Crippen LogP contribution in [0.25, 0.3) is 0 Å². The Labute approximate surface area is 58.9 Å². The van der Waals surface area contributed by atoms with Crippen LogP contribution in [0, 0.1) is 5.41 Å². The molecule has 1 aliphatic rings. The Bertz CT molecular complexity index is 248. The smallest absolute Gasteiger partial charge is 0.130 e. The maximum absolute atomic E-state index is 8.40. The first-order valence-electron chi connectivity index (χ1n) is 2.92. The minimum Gasteiger partial charge on any atom is -0.410 e. The van der Waals surface area contributed by atoms with Gasteiger partial charge in [0, 0.05) is 0 Å². The number of nitrogens with one attached hydrogen (secondary N) is 1. The molecule has 0 aromatic carbocycles. The number of allylic oxidation sites excluding steroid dienone is 4. The lowest BCUT2D eigenvalue weighted by Crippen LogP contribution is -2.14. The normalized spacial score (nSPS) is 21.5. The molecule has 0 amide bonds. The van der Waals surface area contributed by atoms with Gasteiger partial charge in [-0.05, 0) is 18.6 Å². The first kappa shape index (κ1) is 6.74. The zero-order valence-electron chi connectivity index (χ0n) is 5.63. The first-order chi connectivity index (χ1) is 4.75. The van der Waals surface area contributed by atoms with E-state index >= 15 is 0 Å². The molecular formula is C7H8N2O. The molecule has 0 unspecified atom stereocenters. The first-order valence-corrected chi connectivity index (χ1v) is 2.92. The Hall–Kier alpha value is -1.38. The Morgan fingerprint density at radius 2 is 2.30 bits per heavy atom. The van der Waals surface area contributed by atoms with E-state index in [2.05, 4.69) is 5.16 Å². The summed E-state index contributed by atoms with van der Waals surface area (Å²) in [5.41, 5.74) is 1.42. The van der Waals surface area contributed by atoms with E-state index in [0.29, 0.717) is 5.71 Å². The highest BCUT2D eigenvalue weighted by Crippen LogP contribution is 2.05. The third-order valence-electron chi connectivity index (χ3n) is 1.34. The molecule has 3 nitrogen and oxygen atoms in total. The van der Waals surface area contributed by atoms with Gasteiger partial charge < -0.3 is 5.21 Å². The van der Waals surface area contributed by atoms with Crippen LogP contribution in [0.2, 0.25) is 0 Å². The predicted octanol–water partition coefficient (Wildman–Crippen LogP) is 1.35. The fraction of sp³-hybridized carbons (Fsp3) is 0.143. The molecule has 1 aliphatic carbocycles. The van der Waals surface area contributed by atoms with Crippen LogP contribution in [0.5, 0.6) is 0 Å². The molecule has 0 fully saturated rings. The minimum absolute atomic E-state index is 0.252. The topological polar surface area (TPSA) is 56.4 Å². The van der Waals surface area contributed by atoms with Crippen molar-refractivity contribution in [2.24, 2.45) is 5.16 Å². The van der Waals surface area contributed by atoms with Crippen LogP contribution in [0.4, 0.5) is 0 Å². The van der Waals surface area contributed by atoms with Crippen molar-refractivity contribution in [2.45, 2.75) is 6.92 Å². The van der Waals surface area contributed by atoms with Gasteiger partial charge in [0.1, 0.15) is 5.71 Å². The van der Waals surface area contributed by atoms with Crippen molar-refractivity contribution in [2.75, 3.05) is 0 Å². The largest absolute Gasteiger partial charge is 0.410 e. The van der Waals surface area contributed by atoms with Gasteiger partial charge in [-0.25, -0.2) is 0 Å². The Morgan fingerprint density at radius 3 is 2.70 bits per heavy atom. The van der Waals surface area contributed by atoms with Crippen LogP contribution in [0.1, 0.15) is 6.92 Å². The lowest BCUT2D eigenvalue weighted by molar-refractivity contribution is 0.320. The highest BCUT2D eigenvalue weighted by Gasteiger charge is 2.09. The molecule has 0 saturated carbocycles. The molecule has 1 rings (SSSR count). The summed E-state index contributed by atoms with van der Waals surface area (Å²) in [5, 5.41) is 18.6. The molecule has 0 aromatic rings. The Balaban J connectivity index is 3.04. The number of oxime groups is 1. The van der Waals surface area contributed by atoms with Crippen LogP contribution in [0.3, 0.4) is 0 Å². The van der Waals surface area contributed by atoms with E-state index in [0.717, 1.165) is 5.57 Å². The standard InChI is InChI=1S/C7H8N2O/c1-5-3-2-4-6(8)7(5)9-10/h2-4,8,10H,1H3/b8-6?,9-7-. The van der Waals surface area contributed by atoms with Crippen LogP contribution in [0.15, 0.2) is 29.0 Å². The van der Waals surface area contributed by atoms with Gasteiger partial charge in [0.05, 0.1) is 5.71 Å². The van der Waals surface area contributed by atoms with Crippen molar-refractivity contribution >= 4 is 11.4 Å². The minimum atomic E-state index is 0.252. The van der Waals surface area contributed by atoms with Crippen LogP contribution in [-0.4, -0.2) is 16.6 Å². The summed E-state index contributed by atoms with van der Waals surface area (Å²) in [6.07, 6.45) is 5.14. The highest BCUT2D eigenvalue weighted by molar-refractivity contribution is 6.51. The fourth-order valence-corrected chi connectivity index (χ4v) is 0.792. The molecule has 2 N–H and O–H groups in total. The van der Waals surface area contributed by atoms with Gasteiger partial charge in [-0.3, -0.25) is 5.41 Å². The van der Waals surface area contributed by atoms with Gasteiger partial charge >= 0.3 is 0 Å². The van der Waals surface area contributed by atoms with Crippen molar-refractivity contribution in [3.05, 3.63) is 23.8 Å². The summed E-state index contributed by atoms with van der Waals surface area (Å²) in [5.74, 6) is 0. The lowest BCUT2D eigenvalue weighted by atomic mass is 10.0. The average Bonchev–Trinajstić information content (AvgIpc) is 1.88. The summed E-state index contributed by atoms with van der Waals surface area (Å²) in [7, 11) is 0. The van der Waals surface area contributed by atoms with E-state index in [4.69, 9.17) is 10.6 Å². The van der Waals surface area contributed by atoms with Crippen molar-refractivity contribution in [1.82, 2.24) is 0 Å². The summed E-state index contributed by atoms with van der Waals surface area (Å²) >= 11 is 0. The van der Waals surface area contributed by atoms with Gasteiger partial charge in [-0.1, -0.05) is 17.3 Å². The average molecular weight is 136 g/mol. The fourth-order valence-electron chi connectivity index (χ4n) is 0.792. The molecule has 0 aromatic heterocycles. The molecule has 0 atom stereocenters. The summed E-state index contributed by atoms with van der Waals surface area (Å²) in [4.78, 5) is 0. The van der Waals surface area contributed by atoms with Crippen LogP contribution in [-0.2, 0) is 0 Å². The maximum atomic E-state index is 8.40. The molecule has 0 spiro atoms. The summed E-state index contributed by atoms with van der Waals surface area (Å²) in [6.45, 7) is 1.80. The van der Waals surface area contributed by atoms with Crippen molar-refractivity contribution in [3.8, 4) is 0 Å². The van der Waals surface area contributed by atoms with Crippen molar-refractivity contribution < 1.29 is 5.21 Å². The molecular weight excluding hydrogens is 128 g/mol. The monoisotopic (exact) mass is 136 g/mol. The third kappa shape index (κ3) is 0.978. The maximum Gasteiger partial charge on any atom is 0.130 e. The molecule has 0 aliphatic heterocycles. The highest BCUT2D eigenvalue weighted by atomic mass is 16.4. The van der Waals surface area contributed by atoms with E-state index in [1.165, 1.54) is 0 Å². The molecule has 0 saturated heterocycles. The number of hydrogen-bond acceptors (Lipinski definition) is 3. The van der Waals surface area contributed by atoms with Gasteiger partial charge in [-0.15, -0.1) is 0 Å². The zero-order chi connectivity index (χ0) is 7.56. The van der Waals surface area contributed by atoms with Gasteiger partial charge in [-0.2, -0.15) is 0 Å². The van der Waals surface area contributed by atoms with Gasteiger partial charge in [0.15, 0.2) is 0 Å². The number of rotatable bonds is 0. The molecule has 0 radical (unpaired) electrons. The van der Waals surface area contributed by atoms with E-state index < -0.39 is 0 Å². The van der Waals surface area contributed by atoms with Gasteiger partial charge in [0.2, 0.25) is 0 Å². The van der Waals surface area contributed by atoms with Gasteiger partial charge in [0.25, 0.3) is 0 Å². The van der Waals surface area contributed by atoms with Crippen molar-refractivity contribution in [3.63, 3.8) is 0 Å². The Morgan fingerprint density at radius 1 is 1.60 bits per heavy atom. The second-order valence-electron chi connectivity index (χ2n) is 2.07. The number of hydrogen-bond donors (Lipinski definition) is 2. The van der Waals surface area contributed by atoms with E-state index in [1.807, 2.05) is 0 Å². The second-order valence-corrected chi connectivity index (χ2v) is 2.07. The number of nitrogens with zero attached hydrogens (tertiary/aromatic N) is 1. The molecule has 52 valence electrons. The summed E-state index contributed by atoms with van der Waals surface area (Å²) < 4.78 is 0. The zero-order valence-corrected chi connectivity index (χ0v) is 5.63.